The maximum Gasteiger partial charge on any atom is 0.330 e. The molecule has 9 heteroatoms. The Kier molecular flexibility index (Phi) is 6.03. The minimum Gasteiger partial charge on any atom is -0.497 e. The number of rotatable bonds is 7. The third kappa shape index (κ3) is 3.94. The van der Waals surface area contributed by atoms with E-state index in [1.807, 2.05) is 17.7 Å². The summed E-state index contributed by atoms with van der Waals surface area (Å²) < 4.78 is 8.86. The molecule has 4 aromatic rings. The number of H-pyrrole nitrogens is 2. The van der Waals surface area contributed by atoms with E-state index >= 15 is 0 Å². The summed E-state index contributed by atoms with van der Waals surface area (Å²) >= 11 is 0. The van der Waals surface area contributed by atoms with Gasteiger partial charge >= 0.3 is 5.69 Å². The van der Waals surface area contributed by atoms with Crippen LogP contribution in [-0.4, -0.2) is 49.2 Å². The van der Waals surface area contributed by atoms with Crippen molar-refractivity contribution in [3.8, 4) is 5.75 Å². The SMILES string of the molecule is CCCCn1c(=O)[nH]c(=O)c2c1nc(CN1CCC(c3c[nH]c4ccc(OC)cc34)CC1)n2C. The third-order valence-corrected chi connectivity index (χ3v) is 7.15. The molecule has 1 saturated heterocycles. The summed E-state index contributed by atoms with van der Waals surface area (Å²) in [4.78, 5) is 37.9. The summed E-state index contributed by atoms with van der Waals surface area (Å²) in [6.07, 6.45) is 6.06. The van der Waals surface area contributed by atoms with Gasteiger partial charge in [-0.2, -0.15) is 0 Å². The van der Waals surface area contributed by atoms with Gasteiger partial charge in [-0.05, 0) is 62.0 Å². The Hall–Kier alpha value is -3.33. The number of nitrogens with one attached hydrogen (secondary N) is 2. The number of likely N-dealkylation sites (tertiary alicyclic amines) is 1. The predicted octanol–water partition coefficient (Wildman–Crippen LogP) is 3.09. The van der Waals surface area contributed by atoms with Crippen LogP contribution in [0, 0.1) is 0 Å². The average molecular weight is 465 g/mol. The summed E-state index contributed by atoms with van der Waals surface area (Å²) in [5.41, 5.74) is 2.69. The maximum absolute atomic E-state index is 12.5. The molecule has 4 heterocycles. The summed E-state index contributed by atoms with van der Waals surface area (Å²) in [5, 5.41) is 1.23. The van der Waals surface area contributed by atoms with E-state index in [2.05, 4.69) is 40.1 Å². The first-order valence-corrected chi connectivity index (χ1v) is 12.1. The number of piperidine rings is 1. The summed E-state index contributed by atoms with van der Waals surface area (Å²) in [6.45, 7) is 5.18. The topological polar surface area (TPSA) is 101 Å². The summed E-state index contributed by atoms with van der Waals surface area (Å²) in [6, 6.07) is 6.16. The summed E-state index contributed by atoms with van der Waals surface area (Å²) in [7, 11) is 3.56. The van der Waals surface area contributed by atoms with Crippen molar-refractivity contribution in [2.45, 2.75) is 51.6 Å². The molecular weight excluding hydrogens is 432 g/mol. The number of benzene rings is 1. The largest absolute Gasteiger partial charge is 0.497 e. The Balaban J connectivity index is 1.34. The van der Waals surface area contributed by atoms with Gasteiger partial charge in [0.15, 0.2) is 11.2 Å². The van der Waals surface area contributed by atoms with Crippen molar-refractivity contribution < 1.29 is 4.74 Å². The second kappa shape index (κ2) is 9.13. The van der Waals surface area contributed by atoms with Gasteiger partial charge < -0.3 is 14.3 Å². The highest BCUT2D eigenvalue weighted by Gasteiger charge is 2.25. The fraction of sp³-hybridized carbons (Fsp3) is 0.480. The number of ether oxygens (including phenoxy) is 1. The Morgan fingerprint density at radius 1 is 1.21 bits per heavy atom. The van der Waals surface area contributed by atoms with Gasteiger partial charge in [-0.1, -0.05) is 13.3 Å². The van der Waals surface area contributed by atoms with Gasteiger partial charge in [0.2, 0.25) is 0 Å². The zero-order chi connectivity index (χ0) is 23.8. The molecule has 1 aliphatic heterocycles. The monoisotopic (exact) mass is 464 g/mol. The Morgan fingerprint density at radius 2 is 2.00 bits per heavy atom. The van der Waals surface area contributed by atoms with Crippen LogP contribution in [0.15, 0.2) is 34.0 Å². The zero-order valence-corrected chi connectivity index (χ0v) is 20.1. The molecule has 0 amide bonds. The fourth-order valence-corrected chi connectivity index (χ4v) is 5.14. The highest BCUT2D eigenvalue weighted by molar-refractivity contribution is 5.85. The van der Waals surface area contributed by atoms with E-state index in [4.69, 9.17) is 9.72 Å². The molecular formula is C25H32N6O3. The van der Waals surface area contributed by atoms with E-state index < -0.39 is 0 Å². The Bertz CT molecular complexity index is 1430. The lowest BCUT2D eigenvalue weighted by Gasteiger charge is -2.31. The smallest absolute Gasteiger partial charge is 0.330 e. The van der Waals surface area contributed by atoms with Crippen molar-refractivity contribution >= 4 is 22.1 Å². The molecule has 0 spiro atoms. The molecule has 0 atom stereocenters. The molecule has 0 saturated carbocycles. The van der Waals surface area contributed by atoms with Crippen molar-refractivity contribution in [1.82, 2.24) is 29.0 Å². The van der Waals surface area contributed by atoms with Gasteiger partial charge in [0.05, 0.1) is 13.7 Å². The maximum atomic E-state index is 12.5. The lowest BCUT2D eigenvalue weighted by Crippen LogP contribution is -2.33. The lowest BCUT2D eigenvalue weighted by atomic mass is 9.89. The van der Waals surface area contributed by atoms with Crippen LogP contribution in [0.1, 0.15) is 49.9 Å². The first-order valence-electron chi connectivity index (χ1n) is 12.1. The van der Waals surface area contributed by atoms with Crippen LogP contribution < -0.4 is 16.0 Å². The second-order valence-electron chi connectivity index (χ2n) is 9.23. The van der Waals surface area contributed by atoms with Crippen LogP contribution in [0.4, 0.5) is 0 Å². The number of nitrogens with zero attached hydrogens (tertiary/aromatic N) is 4. The molecule has 1 fully saturated rings. The highest BCUT2D eigenvalue weighted by atomic mass is 16.5. The van der Waals surface area contributed by atoms with E-state index in [9.17, 15) is 9.59 Å². The molecule has 0 aliphatic carbocycles. The van der Waals surface area contributed by atoms with Gasteiger partial charge in [-0.15, -0.1) is 0 Å². The molecule has 5 rings (SSSR count). The minimum atomic E-state index is -0.383. The summed E-state index contributed by atoms with van der Waals surface area (Å²) in [5.74, 6) is 2.17. The molecule has 1 aromatic carbocycles. The highest BCUT2D eigenvalue weighted by Crippen LogP contribution is 2.35. The van der Waals surface area contributed by atoms with E-state index in [0.29, 0.717) is 30.2 Å². The van der Waals surface area contributed by atoms with Crippen LogP contribution in [-0.2, 0) is 20.1 Å². The number of hydrogen-bond donors (Lipinski definition) is 2. The Labute approximate surface area is 197 Å². The van der Waals surface area contributed by atoms with Crippen LogP contribution in [0.25, 0.3) is 22.1 Å². The Morgan fingerprint density at radius 3 is 2.74 bits per heavy atom. The van der Waals surface area contributed by atoms with Gasteiger partial charge in [0.25, 0.3) is 5.56 Å². The van der Waals surface area contributed by atoms with Crippen LogP contribution >= 0.6 is 0 Å². The van der Waals surface area contributed by atoms with Crippen LogP contribution in [0.5, 0.6) is 5.75 Å². The first kappa shape index (κ1) is 22.5. The van der Waals surface area contributed by atoms with Gasteiger partial charge in [0, 0.05) is 30.7 Å². The van der Waals surface area contributed by atoms with Crippen molar-refractivity contribution in [3.63, 3.8) is 0 Å². The van der Waals surface area contributed by atoms with Gasteiger partial charge in [-0.25, -0.2) is 9.78 Å². The normalized spacial score (nSPS) is 15.5. The first-order chi connectivity index (χ1) is 16.5. The van der Waals surface area contributed by atoms with Crippen molar-refractivity contribution in [1.29, 1.82) is 0 Å². The van der Waals surface area contributed by atoms with E-state index in [1.165, 1.54) is 10.9 Å². The van der Waals surface area contributed by atoms with Gasteiger partial charge in [0.1, 0.15) is 11.6 Å². The minimum absolute atomic E-state index is 0.373. The standard InChI is InChI=1S/C25H32N6O3/c1-4-5-10-31-23-22(24(32)28-25(31)33)29(2)21(27-23)15-30-11-8-16(9-12-30)19-14-26-20-7-6-17(34-3)13-18(19)20/h6-7,13-14,16,26H,4-5,8-12,15H2,1-3H3,(H,28,32,33). The molecule has 9 nitrogen and oxygen atoms in total. The fourth-order valence-electron chi connectivity index (χ4n) is 5.14. The number of imidazole rings is 1. The number of aromatic nitrogens is 5. The van der Waals surface area contributed by atoms with E-state index in [0.717, 1.165) is 55.9 Å². The molecule has 3 aromatic heterocycles. The molecule has 0 unspecified atom stereocenters. The predicted molar refractivity (Wildman–Crippen MR) is 133 cm³/mol. The molecule has 34 heavy (non-hydrogen) atoms. The van der Waals surface area contributed by atoms with Crippen molar-refractivity contribution in [2.24, 2.45) is 7.05 Å². The van der Waals surface area contributed by atoms with E-state index in [-0.39, 0.29) is 11.2 Å². The third-order valence-electron chi connectivity index (χ3n) is 7.15. The van der Waals surface area contributed by atoms with Crippen molar-refractivity contribution in [2.75, 3.05) is 20.2 Å². The number of aromatic amines is 2. The lowest BCUT2D eigenvalue weighted by molar-refractivity contribution is 0.199. The number of unbranched alkanes of at least 4 members (excludes halogenated alkanes) is 1. The van der Waals surface area contributed by atoms with Crippen LogP contribution in [0.3, 0.4) is 0 Å². The quantitative estimate of drug-likeness (QED) is 0.438. The number of hydrogen-bond acceptors (Lipinski definition) is 5. The van der Waals surface area contributed by atoms with E-state index in [1.54, 1.807) is 11.7 Å². The number of fused-ring (bicyclic) bond motifs is 2. The number of methoxy groups -OCH3 is 1. The second-order valence-corrected chi connectivity index (χ2v) is 9.23. The van der Waals surface area contributed by atoms with Crippen molar-refractivity contribution in [3.05, 3.63) is 56.6 Å². The molecule has 1 aliphatic rings. The molecule has 0 bridgehead atoms. The van der Waals surface area contributed by atoms with Crippen LogP contribution in [0.2, 0.25) is 0 Å². The number of aryl methyl sites for hydroxylation is 2. The molecule has 2 N–H and O–H groups in total. The molecule has 0 radical (unpaired) electrons. The van der Waals surface area contributed by atoms with Gasteiger partial charge in [-0.3, -0.25) is 19.2 Å². The average Bonchev–Trinajstić information content (AvgIpc) is 3.40. The molecule has 180 valence electrons. The zero-order valence-electron chi connectivity index (χ0n) is 20.1.